The molecule has 0 spiro atoms. The number of hydrogen-bond donors (Lipinski definition) is 2. The third-order valence-electron chi connectivity index (χ3n) is 2.71. The SMILES string of the molecule is COC(=O)CN1C(=O)/C(=C/c2ccccc2O)NC1=S. The molecular formula is C13H12N2O4S. The fraction of sp³-hybridized carbons (Fsp3) is 0.154. The van der Waals surface area contributed by atoms with E-state index in [0.717, 1.165) is 4.90 Å². The summed E-state index contributed by atoms with van der Waals surface area (Å²) in [5.41, 5.74) is 0.673. The summed E-state index contributed by atoms with van der Waals surface area (Å²) in [5, 5.41) is 12.5. The van der Waals surface area contributed by atoms with Gasteiger partial charge in [-0.05, 0) is 24.4 Å². The van der Waals surface area contributed by atoms with Gasteiger partial charge in [-0.15, -0.1) is 0 Å². The summed E-state index contributed by atoms with van der Waals surface area (Å²) < 4.78 is 4.50. The second kappa shape index (κ2) is 5.70. The van der Waals surface area contributed by atoms with Crippen molar-refractivity contribution >= 4 is 35.3 Å². The Morgan fingerprint density at radius 3 is 2.85 bits per heavy atom. The van der Waals surface area contributed by atoms with Crippen LogP contribution in [0.5, 0.6) is 5.75 Å². The predicted molar refractivity (Wildman–Crippen MR) is 75.5 cm³/mol. The molecule has 1 aromatic rings. The van der Waals surface area contributed by atoms with Gasteiger partial charge in [-0.1, -0.05) is 18.2 Å². The number of benzene rings is 1. The number of nitrogens with zero attached hydrogens (tertiary/aromatic N) is 1. The quantitative estimate of drug-likeness (QED) is 0.483. The average molecular weight is 292 g/mol. The van der Waals surface area contributed by atoms with Crippen molar-refractivity contribution in [3.8, 4) is 5.75 Å². The molecule has 1 heterocycles. The summed E-state index contributed by atoms with van der Waals surface area (Å²) in [6.07, 6.45) is 1.47. The number of carbonyl (C=O) groups excluding carboxylic acids is 2. The number of rotatable bonds is 3. The summed E-state index contributed by atoms with van der Waals surface area (Å²) >= 11 is 4.99. The second-order valence-corrected chi connectivity index (χ2v) is 4.40. The topological polar surface area (TPSA) is 78.9 Å². The van der Waals surface area contributed by atoms with Gasteiger partial charge in [-0.3, -0.25) is 14.5 Å². The summed E-state index contributed by atoms with van der Waals surface area (Å²) in [6, 6.07) is 6.57. The maximum absolute atomic E-state index is 12.1. The molecule has 2 N–H and O–H groups in total. The zero-order valence-corrected chi connectivity index (χ0v) is 11.4. The summed E-state index contributed by atoms with van der Waals surface area (Å²) in [5.74, 6) is -0.957. The molecule has 0 bridgehead atoms. The Morgan fingerprint density at radius 2 is 2.20 bits per heavy atom. The van der Waals surface area contributed by atoms with Crippen LogP contribution in [0, 0.1) is 0 Å². The van der Waals surface area contributed by atoms with Crippen LogP contribution < -0.4 is 5.32 Å². The van der Waals surface area contributed by atoms with E-state index in [1.807, 2.05) is 0 Å². The zero-order chi connectivity index (χ0) is 14.7. The Kier molecular flexibility index (Phi) is 3.99. The maximum atomic E-state index is 12.1. The summed E-state index contributed by atoms with van der Waals surface area (Å²) in [4.78, 5) is 24.4. The first-order valence-corrected chi connectivity index (χ1v) is 6.13. The lowest BCUT2D eigenvalue weighted by atomic mass is 10.1. The van der Waals surface area contributed by atoms with Gasteiger partial charge in [0.05, 0.1) is 7.11 Å². The highest BCUT2D eigenvalue weighted by Crippen LogP contribution is 2.21. The van der Waals surface area contributed by atoms with Crippen LogP contribution in [0.4, 0.5) is 0 Å². The van der Waals surface area contributed by atoms with Crippen molar-refractivity contribution in [3.63, 3.8) is 0 Å². The van der Waals surface area contributed by atoms with Gasteiger partial charge in [-0.25, -0.2) is 0 Å². The van der Waals surface area contributed by atoms with Crippen molar-refractivity contribution < 1.29 is 19.4 Å². The van der Waals surface area contributed by atoms with E-state index in [1.165, 1.54) is 19.3 Å². The molecule has 1 aromatic carbocycles. The molecule has 0 atom stereocenters. The zero-order valence-electron chi connectivity index (χ0n) is 10.6. The Morgan fingerprint density at radius 1 is 1.50 bits per heavy atom. The number of carbonyl (C=O) groups is 2. The van der Waals surface area contributed by atoms with Crippen LogP contribution >= 0.6 is 12.2 Å². The number of thiocarbonyl (C=S) groups is 1. The van der Waals surface area contributed by atoms with E-state index in [4.69, 9.17) is 12.2 Å². The number of methoxy groups -OCH3 is 1. The largest absolute Gasteiger partial charge is 0.507 e. The first-order valence-electron chi connectivity index (χ1n) is 5.72. The van der Waals surface area contributed by atoms with E-state index in [1.54, 1.807) is 18.2 Å². The number of aromatic hydroxyl groups is 1. The predicted octanol–water partition coefficient (Wildman–Crippen LogP) is 0.623. The molecule has 1 fully saturated rings. The lowest BCUT2D eigenvalue weighted by Crippen LogP contribution is -2.35. The molecule has 1 aliphatic rings. The number of ether oxygens (including phenoxy) is 1. The highest BCUT2D eigenvalue weighted by Gasteiger charge is 2.32. The van der Waals surface area contributed by atoms with Gasteiger partial charge in [0.1, 0.15) is 18.0 Å². The molecule has 0 unspecified atom stereocenters. The van der Waals surface area contributed by atoms with Crippen LogP contribution in [-0.2, 0) is 14.3 Å². The molecular weight excluding hydrogens is 280 g/mol. The molecule has 7 heteroatoms. The monoisotopic (exact) mass is 292 g/mol. The smallest absolute Gasteiger partial charge is 0.325 e. The van der Waals surface area contributed by atoms with Gasteiger partial charge in [0.25, 0.3) is 5.91 Å². The first-order chi connectivity index (χ1) is 9.52. The maximum Gasteiger partial charge on any atom is 0.325 e. The minimum Gasteiger partial charge on any atom is -0.507 e. The van der Waals surface area contributed by atoms with Gasteiger partial charge in [0.2, 0.25) is 0 Å². The Labute approximate surface area is 120 Å². The number of esters is 1. The van der Waals surface area contributed by atoms with Gasteiger partial charge < -0.3 is 15.2 Å². The van der Waals surface area contributed by atoms with Crippen molar-refractivity contribution in [1.82, 2.24) is 10.2 Å². The van der Waals surface area contributed by atoms with Gasteiger partial charge in [-0.2, -0.15) is 0 Å². The van der Waals surface area contributed by atoms with E-state index in [0.29, 0.717) is 5.56 Å². The van der Waals surface area contributed by atoms with E-state index in [-0.39, 0.29) is 23.1 Å². The number of hydrogen-bond acceptors (Lipinski definition) is 5. The Bertz CT molecular complexity index is 612. The molecule has 0 saturated carbocycles. The van der Waals surface area contributed by atoms with E-state index in [9.17, 15) is 14.7 Å². The summed E-state index contributed by atoms with van der Waals surface area (Å²) in [7, 11) is 1.23. The van der Waals surface area contributed by atoms with Crippen LogP contribution in [0.2, 0.25) is 0 Å². The molecule has 1 saturated heterocycles. The molecule has 20 heavy (non-hydrogen) atoms. The number of para-hydroxylation sites is 1. The number of phenols is 1. The molecule has 1 aliphatic heterocycles. The van der Waals surface area contributed by atoms with Crippen molar-refractivity contribution in [3.05, 3.63) is 35.5 Å². The number of amides is 1. The number of nitrogens with one attached hydrogen (secondary N) is 1. The average Bonchev–Trinajstić information content (AvgIpc) is 2.69. The molecule has 0 aliphatic carbocycles. The molecule has 0 aromatic heterocycles. The van der Waals surface area contributed by atoms with Crippen LogP contribution in [0.25, 0.3) is 6.08 Å². The Hall–Kier alpha value is -2.41. The van der Waals surface area contributed by atoms with E-state index >= 15 is 0 Å². The van der Waals surface area contributed by atoms with Crippen LogP contribution in [0.1, 0.15) is 5.56 Å². The van der Waals surface area contributed by atoms with Crippen LogP contribution in [-0.4, -0.2) is 40.6 Å². The van der Waals surface area contributed by atoms with E-state index < -0.39 is 11.9 Å². The second-order valence-electron chi connectivity index (χ2n) is 4.01. The highest BCUT2D eigenvalue weighted by atomic mass is 32.1. The Balaban J connectivity index is 2.24. The van der Waals surface area contributed by atoms with Crippen molar-refractivity contribution in [2.75, 3.05) is 13.7 Å². The lowest BCUT2D eigenvalue weighted by Gasteiger charge is -2.11. The molecule has 6 nitrogen and oxygen atoms in total. The minimum atomic E-state index is -0.564. The van der Waals surface area contributed by atoms with Crippen LogP contribution in [0.3, 0.4) is 0 Å². The van der Waals surface area contributed by atoms with E-state index in [2.05, 4.69) is 10.1 Å². The normalized spacial score (nSPS) is 16.4. The molecule has 104 valence electrons. The van der Waals surface area contributed by atoms with Crippen LogP contribution in [0.15, 0.2) is 30.0 Å². The van der Waals surface area contributed by atoms with Crippen molar-refractivity contribution in [2.45, 2.75) is 0 Å². The highest BCUT2D eigenvalue weighted by molar-refractivity contribution is 7.80. The molecule has 1 amide bonds. The lowest BCUT2D eigenvalue weighted by molar-refractivity contribution is -0.143. The fourth-order valence-electron chi connectivity index (χ4n) is 1.67. The summed E-state index contributed by atoms with van der Waals surface area (Å²) in [6.45, 7) is -0.251. The van der Waals surface area contributed by atoms with Gasteiger partial charge in [0, 0.05) is 5.56 Å². The first kappa shape index (κ1) is 14.0. The molecule has 2 rings (SSSR count). The fourth-order valence-corrected chi connectivity index (χ4v) is 1.93. The van der Waals surface area contributed by atoms with Gasteiger partial charge >= 0.3 is 5.97 Å². The minimum absolute atomic E-state index is 0.0481. The standard InChI is InChI=1S/C13H12N2O4S/c1-19-11(17)7-15-12(18)9(14-13(15)20)6-8-4-2-3-5-10(8)16/h2-6,16H,7H2,1H3,(H,14,20)/b9-6-. The van der Waals surface area contributed by atoms with Crippen molar-refractivity contribution in [2.24, 2.45) is 0 Å². The van der Waals surface area contributed by atoms with Gasteiger partial charge in [0.15, 0.2) is 5.11 Å². The number of phenolic OH excluding ortho intramolecular Hbond substituents is 1. The van der Waals surface area contributed by atoms with Crippen molar-refractivity contribution in [1.29, 1.82) is 0 Å². The molecule has 0 radical (unpaired) electrons. The third kappa shape index (κ3) is 2.77. The third-order valence-corrected chi connectivity index (χ3v) is 3.04.